The number of thioether (sulfide) groups is 1. The number of nitrogens with zero attached hydrogens (tertiary/aromatic N) is 1. The van der Waals surface area contributed by atoms with Gasteiger partial charge in [-0.15, -0.1) is 24.2 Å². The summed E-state index contributed by atoms with van der Waals surface area (Å²) in [6.45, 7) is 3.72. The zero-order valence-corrected chi connectivity index (χ0v) is 14.7. The van der Waals surface area contributed by atoms with Gasteiger partial charge >= 0.3 is 0 Å². The van der Waals surface area contributed by atoms with E-state index in [4.69, 9.17) is 0 Å². The van der Waals surface area contributed by atoms with E-state index in [9.17, 15) is 9.18 Å². The van der Waals surface area contributed by atoms with Crippen molar-refractivity contribution in [3.63, 3.8) is 0 Å². The van der Waals surface area contributed by atoms with Crippen LogP contribution in [-0.4, -0.2) is 42.7 Å². The summed E-state index contributed by atoms with van der Waals surface area (Å²) in [5, 5.41) is 3.16. The molecule has 2 rings (SSSR count). The summed E-state index contributed by atoms with van der Waals surface area (Å²) in [7, 11) is 1.93. The summed E-state index contributed by atoms with van der Waals surface area (Å²) in [6.07, 6.45) is 2.18. The molecule has 1 aliphatic rings. The first-order chi connectivity index (χ1) is 10.1. The Morgan fingerprint density at radius 2 is 2.14 bits per heavy atom. The molecule has 3 nitrogen and oxygen atoms in total. The van der Waals surface area contributed by atoms with Crippen molar-refractivity contribution in [2.24, 2.45) is 5.92 Å². The molecule has 0 radical (unpaired) electrons. The second-order valence-electron chi connectivity index (χ2n) is 5.55. The van der Waals surface area contributed by atoms with Crippen LogP contribution in [0.3, 0.4) is 0 Å². The van der Waals surface area contributed by atoms with E-state index in [1.165, 1.54) is 12.1 Å². The first-order valence-electron chi connectivity index (χ1n) is 7.45. The molecule has 1 aromatic rings. The zero-order valence-electron chi connectivity index (χ0n) is 13.0. The molecule has 1 aromatic carbocycles. The highest BCUT2D eigenvalue weighted by molar-refractivity contribution is 7.99. The van der Waals surface area contributed by atoms with Gasteiger partial charge in [0.05, 0.1) is 0 Å². The molecule has 1 heterocycles. The normalized spacial score (nSPS) is 18.9. The van der Waals surface area contributed by atoms with Crippen molar-refractivity contribution in [1.29, 1.82) is 0 Å². The number of hydrogen-bond acceptors (Lipinski definition) is 3. The van der Waals surface area contributed by atoms with Crippen LogP contribution in [0.5, 0.6) is 0 Å². The number of carbonyl (C=O) groups excluding carboxylic acids is 1. The molecule has 22 heavy (non-hydrogen) atoms. The fraction of sp³-hybridized carbons (Fsp3) is 0.562. The molecule has 0 aromatic heterocycles. The lowest BCUT2D eigenvalue weighted by atomic mass is 10.1. The van der Waals surface area contributed by atoms with Gasteiger partial charge in [0, 0.05) is 35.7 Å². The van der Waals surface area contributed by atoms with Crippen LogP contribution in [0.25, 0.3) is 0 Å². The van der Waals surface area contributed by atoms with Gasteiger partial charge in [0.2, 0.25) is 5.91 Å². The van der Waals surface area contributed by atoms with E-state index in [-0.39, 0.29) is 30.0 Å². The van der Waals surface area contributed by atoms with Crippen LogP contribution in [0.15, 0.2) is 29.2 Å². The summed E-state index contributed by atoms with van der Waals surface area (Å²) in [5.41, 5.74) is 0. The van der Waals surface area contributed by atoms with Crippen LogP contribution in [0.2, 0.25) is 0 Å². The Morgan fingerprint density at radius 3 is 2.77 bits per heavy atom. The third kappa shape index (κ3) is 5.14. The van der Waals surface area contributed by atoms with Crippen molar-refractivity contribution in [1.82, 2.24) is 10.2 Å². The maximum Gasteiger partial charge on any atom is 0.226 e. The number of likely N-dealkylation sites (N-methyl/N-ethyl adjacent to an activating group) is 1. The van der Waals surface area contributed by atoms with Crippen LogP contribution < -0.4 is 5.32 Å². The van der Waals surface area contributed by atoms with Crippen molar-refractivity contribution in [3.05, 3.63) is 30.1 Å². The monoisotopic (exact) mass is 346 g/mol. The molecule has 0 spiro atoms. The summed E-state index contributed by atoms with van der Waals surface area (Å²) >= 11 is 1.61. The largest absolute Gasteiger partial charge is 0.338 e. The SMILES string of the molecule is CNCC1CCCN1C(=O)C(C)CSc1ccc(F)cc1.Cl. The number of nitrogens with one attached hydrogen (secondary N) is 1. The number of amides is 1. The molecule has 6 heteroatoms. The molecule has 2 unspecified atom stereocenters. The van der Waals surface area contributed by atoms with Crippen molar-refractivity contribution in [2.45, 2.75) is 30.7 Å². The fourth-order valence-electron chi connectivity index (χ4n) is 2.68. The van der Waals surface area contributed by atoms with E-state index < -0.39 is 0 Å². The zero-order chi connectivity index (χ0) is 15.2. The van der Waals surface area contributed by atoms with E-state index in [2.05, 4.69) is 5.32 Å². The third-order valence-corrected chi connectivity index (χ3v) is 5.11. The Bertz CT molecular complexity index is 472. The van der Waals surface area contributed by atoms with Gasteiger partial charge in [-0.2, -0.15) is 0 Å². The molecular formula is C16H24ClFN2OS. The molecule has 1 saturated heterocycles. The molecule has 124 valence electrons. The van der Waals surface area contributed by atoms with Gasteiger partial charge in [-0.05, 0) is 44.2 Å². The van der Waals surface area contributed by atoms with Crippen molar-refractivity contribution >= 4 is 30.1 Å². The topological polar surface area (TPSA) is 32.3 Å². The highest BCUT2D eigenvalue weighted by atomic mass is 35.5. The van der Waals surface area contributed by atoms with E-state index in [1.54, 1.807) is 23.9 Å². The van der Waals surface area contributed by atoms with Crippen LogP contribution in [0.1, 0.15) is 19.8 Å². The molecule has 1 N–H and O–H groups in total. The first-order valence-corrected chi connectivity index (χ1v) is 8.44. The molecule has 2 atom stereocenters. The summed E-state index contributed by atoms with van der Waals surface area (Å²) in [4.78, 5) is 15.6. The van der Waals surface area contributed by atoms with E-state index in [0.717, 1.165) is 36.6 Å². The van der Waals surface area contributed by atoms with Crippen LogP contribution in [-0.2, 0) is 4.79 Å². The lowest BCUT2D eigenvalue weighted by Crippen LogP contribution is -2.43. The molecule has 1 amide bonds. The second kappa shape index (κ2) is 9.38. The van der Waals surface area contributed by atoms with Gasteiger partial charge in [-0.25, -0.2) is 4.39 Å². The van der Waals surface area contributed by atoms with Crippen LogP contribution in [0, 0.1) is 11.7 Å². The van der Waals surface area contributed by atoms with E-state index in [1.807, 2.05) is 18.9 Å². The minimum absolute atomic E-state index is 0. The van der Waals surface area contributed by atoms with Gasteiger partial charge < -0.3 is 10.2 Å². The highest BCUT2D eigenvalue weighted by Gasteiger charge is 2.30. The number of rotatable bonds is 6. The maximum atomic E-state index is 12.9. The standard InChI is InChI=1S/C16H23FN2OS.ClH/c1-12(11-21-15-7-5-13(17)6-8-15)16(20)19-9-3-4-14(19)10-18-2;/h5-8,12,14,18H,3-4,9-11H2,1-2H3;1H. The summed E-state index contributed by atoms with van der Waals surface area (Å²) < 4.78 is 12.9. The first kappa shape index (κ1) is 19.3. The number of carbonyl (C=O) groups is 1. The minimum Gasteiger partial charge on any atom is -0.338 e. The molecule has 1 aliphatic heterocycles. The Balaban J connectivity index is 0.00000242. The average Bonchev–Trinajstić information content (AvgIpc) is 2.94. The Morgan fingerprint density at radius 1 is 1.45 bits per heavy atom. The number of hydrogen-bond donors (Lipinski definition) is 1. The van der Waals surface area contributed by atoms with Crippen LogP contribution >= 0.6 is 24.2 Å². The number of halogens is 2. The number of benzene rings is 1. The summed E-state index contributed by atoms with van der Waals surface area (Å²) in [6, 6.07) is 6.77. The van der Waals surface area contributed by atoms with Gasteiger partial charge in [0.25, 0.3) is 0 Å². The highest BCUT2D eigenvalue weighted by Crippen LogP contribution is 2.24. The van der Waals surface area contributed by atoms with Crippen molar-refractivity contribution < 1.29 is 9.18 Å². The molecule has 0 bridgehead atoms. The van der Waals surface area contributed by atoms with Gasteiger partial charge in [0.15, 0.2) is 0 Å². The molecule has 1 fully saturated rings. The predicted octanol–water partition coefficient (Wildman–Crippen LogP) is 3.19. The Labute approximate surface area is 142 Å². The van der Waals surface area contributed by atoms with E-state index in [0.29, 0.717) is 6.04 Å². The minimum atomic E-state index is -0.226. The Kier molecular flexibility index (Phi) is 8.21. The Hall–Kier alpha value is -0.780. The summed E-state index contributed by atoms with van der Waals surface area (Å²) in [5.74, 6) is 0.725. The van der Waals surface area contributed by atoms with Crippen molar-refractivity contribution in [3.8, 4) is 0 Å². The van der Waals surface area contributed by atoms with E-state index >= 15 is 0 Å². The smallest absolute Gasteiger partial charge is 0.226 e. The van der Waals surface area contributed by atoms with Gasteiger partial charge in [-0.3, -0.25) is 4.79 Å². The lowest BCUT2D eigenvalue weighted by Gasteiger charge is -2.27. The fourth-order valence-corrected chi connectivity index (χ4v) is 3.59. The van der Waals surface area contributed by atoms with Crippen LogP contribution in [0.4, 0.5) is 4.39 Å². The predicted molar refractivity (Wildman–Crippen MR) is 92.2 cm³/mol. The van der Waals surface area contributed by atoms with Gasteiger partial charge in [-0.1, -0.05) is 6.92 Å². The second-order valence-corrected chi connectivity index (χ2v) is 6.64. The van der Waals surface area contributed by atoms with Gasteiger partial charge in [0.1, 0.15) is 5.82 Å². The molecule has 0 saturated carbocycles. The quantitative estimate of drug-likeness (QED) is 0.803. The molecular weight excluding hydrogens is 323 g/mol. The van der Waals surface area contributed by atoms with Crippen molar-refractivity contribution in [2.75, 3.05) is 25.9 Å². The average molecular weight is 347 g/mol. The number of likely N-dealkylation sites (tertiary alicyclic amines) is 1. The third-order valence-electron chi connectivity index (χ3n) is 3.84. The maximum absolute atomic E-state index is 12.9. The lowest BCUT2D eigenvalue weighted by molar-refractivity contribution is -0.135. The molecule has 0 aliphatic carbocycles.